The van der Waals surface area contributed by atoms with Crippen molar-refractivity contribution in [3.8, 4) is 11.5 Å². The van der Waals surface area contributed by atoms with Crippen molar-refractivity contribution < 1.29 is 37.5 Å². The van der Waals surface area contributed by atoms with Crippen molar-refractivity contribution in [3.63, 3.8) is 0 Å². The van der Waals surface area contributed by atoms with E-state index in [4.69, 9.17) is 0 Å². The molecule has 27 heavy (non-hydrogen) atoms. The van der Waals surface area contributed by atoms with E-state index >= 15 is 0 Å². The maximum absolute atomic E-state index is 13.3. The molecule has 0 radical (unpaired) electrons. The number of carbonyl (C=O) groups is 2. The van der Waals surface area contributed by atoms with Crippen LogP contribution >= 0.6 is 0 Å². The zero-order valence-electron chi connectivity index (χ0n) is 14.1. The second-order valence-electron chi connectivity index (χ2n) is 5.86. The van der Waals surface area contributed by atoms with Gasteiger partial charge in [0.2, 0.25) is 5.75 Å². The van der Waals surface area contributed by atoms with E-state index in [0.29, 0.717) is 12.8 Å². The molecule has 1 saturated carbocycles. The first-order chi connectivity index (χ1) is 12.6. The Morgan fingerprint density at radius 3 is 2.41 bits per heavy atom. The lowest BCUT2D eigenvalue weighted by Crippen LogP contribution is -2.44. The number of urea groups is 1. The van der Waals surface area contributed by atoms with E-state index in [2.05, 4.69) is 10.1 Å². The van der Waals surface area contributed by atoms with Gasteiger partial charge in [-0.25, -0.2) is 4.79 Å². The SMILES string of the molecule is COc1cc(C(F)(F)F)c(C(=O)NC(=O)NC2CCCC2)c([N+](=O)[O-])c1O. The number of phenolic OH excluding ortho intramolecular Hbond substituents is 1. The number of phenols is 1. The predicted octanol–water partition coefficient (Wildman–Crippen LogP) is 2.71. The lowest BCUT2D eigenvalue weighted by molar-refractivity contribution is -0.386. The number of alkyl halides is 3. The molecule has 1 aromatic carbocycles. The molecule has 3 N–H and O–H groups in total. The average molecular weight is 391 g/mol. The molecule has 9 nitrogen and oxygen atoms in total. The van der Waals surface area contributed by atoms with E-state index < -0.39 is 51.4 Å². The summed E-state index contributed by atoms with van der Waals surface area (Å²) in [5.74, 6) is -3.75. The minimum absolute atomic E-state index is 0.237. The Labute approximate surface area is 150 Å². The van der Waals surface area contributed by atoms with Crippen LogP contribution < -0.4 is 15.4 Å². The number of carbonyl (C=O) groups excluding carboxylic acids is 2. The summed E-state index contributed by atoms with van der Waals surface area (Å²) in [6.45, 7) is 0. The molecule has 0 aliphatic heterocycles. The highest BCUT2D eigenvalue weighted by atomic mass is 19.4. The van der Waals surface area contributed by atoms with Gasteiger partial charge in [0.25, 0.3) is 5.91 Å². The molecule has 1 aromatic rings. The Bertz CT molecular complexity index is 775. The summed E-state index contributed by atoms with van der Waals surface area (Å²) >= 11 is 0. The van der Waals surface area contributed by atoms with Gasteiger partial charge >= 0.3 is 17.9 Å². The zero-order chi connectivity index (χ0) is 20.4. The summed E-state index contributed by atoms with van der Waals surface area (Å²) in [5.41, 5.74) is -4.70. The smallest absolute Gasteiger partial charge is 0.417 e. The molecular weight excluding hydrogens is 375 g/mol. The number of halogens is 3. The van der Waals surface area contributed by atoms with Gasteiger partial charge in [0.15, 0.2) is 5.75 Å². The van der Waals surface area contributed by atoms with E-state index in [0.717, 1.165) is 20.0 Å². The van der Waals surface area contributed by atoms with Crippen molar-refractivity contribution in [1.29, 1.82) is 0 Å². The van der Waals surface area contributed by atoms with Gasteiger partial charge in [-0.05, 0) is 18.9 Å². The van der Waals surface area contributed by atoms with Crippen LogP contribution in [0.5, 0.6) is 11.5 Å². The summed E-state index contributed by atoms with van der Waals surface area (Å²) in [6, 6.07) is -1.06. The average Bonchev–Trinajstić information content (AvgIpc) is 3.05. The van der Waals surface area contributed by atoms with Gasteiger partial charge in [0.1, 0.15) is 5.56 Å². The van der Waals surface area contributed by atoms with E-state index in [1.807, 2.05) is 0 Å². The van der Waals surface area contributed by atoms with Crippen molar-refractivity contribution in [3.05, 3.63) is 27.3 Å². The number of ether oxygens (including phenoxy) is 1. The Hall–Kier alpha value is -3.05. The molecule has 0 spiro atoms. The fourth-order valence-corrected chi connectivity index (χ4v) is 2.88. The molecule has 0 heterocycles. The highest BCUT2D eigenvalue weighted by Gasteiger charge is 2.43. The lowest BCUT2D eigenvalue weighted by atomic mass is 10.0. The zero-order valence-corrected chi connectivity index (χ0v) is 14.1. The molecule has 1 aliphatic carbocycles. The molecule has 0 saturated heterocycles. The van der Waals surface area contributed by atoms with Gasteiger partial charge in [-0.15, -0.1) is 0 Å². The standard InChI is InChI=1S/C15H16F3N3O6/c1-27-9-6-8(15(16,17)18)10(11(12(9)22)21(25)26)13(23)20-14(24)19-7-4-2-3-5-7/h6-7,22H,2-5H2,1H3,(H2,19,20,23,24). The monoisotopic (exact) mass is 391 g/mol. The Morgan fingerprint density at radius 2 is 1.93 bits per heavy atom. The van der Waals surface area contributed by atoms with Gasteiger partial charge in [-0.1, -0.05) is 12.8 Å². The maximum Gasteiger partial charge on any atom is 0.417 e. The number of imide groups is 1. The van der Waals surface area contributed by atoms with Crippen LogP contribution in [0.4, 0.5) is 23.7 Å². The number of hydrogen-bond acceptors (Lipinski definition) is 6. The van der Waals surface area contributed by atoms with Crippen LogP contribution in [0.15, 0.2) is 6.07 Å². The summed E-state index contributed by atoms with van der Waals surface area (Å²) in [5, 5.41) is 25.1. The second kappa shape index (κ2) is 7.68. The number of nitro groups is 1. The quantitative estimate of drug-likeness (QED) is 0.534. The van der Waals surface area contributed by atoms with Crippen molar-refractivity contribution in [2.75, 3.05) is 7.11 Å². The van der Waals surface area contributed by atoms with Crippen molar-refractivity contribution in [1.82, 2.24) is 10.6 Å². The van der Waals surface area contributed by atoms with Crippen LogP contribution in [0.3, 0.4) is 0 Å². The summed E-state index contributed by atoms with van der Waals surface area (Å²) in [4.78, 5) is 33.9. The third-order valence-electron chi connectivity index (χ3n) is 4.09. The highest BCUT2D eigenvalue weighted by Crippen LogP contribution is 2.45. The van der Waals surface area contributed by atoms with Crippen molar-refractivity contribution in [2.45, 2.75) is 37.9 Å². The summed E-state index contributed by atoms with van der Waals surface area (Å²) < 4.78 is 44.5. The largest absolute Gasteiger partial charge is 0.499 e. The molecule has 12 heteroatoms. The molecule has 3 amide bonds. The first-order valence-corrected chi connectivity index (χ1v) is 7.83. The molecule has 0 unspecified atom stereocenters. The summed E-state index contributed by atoms with van der Waals surface area (Å²) in [6.07, 6.45) is -2.16. The molecule has 0 aromatic heterocycles. The number of amides is 3. The summed E-state index contributed by atoms with van der Waals surface area (Å²) in [7, 11) is 0.897. The number of nitrogens with one attached hydrogen (secondary N) is 2. The third kappa shape index (κ3) is 4.38. The van der Waals surface area contributed by atoms with E-state index in [-0.39, 0.29) is 12.1 Å². The third-order valence-corrected chi connectivity index (χ3v) is 4.09. The fraction of sp³-hybridized carbons (Fsp3) is 0.467. The second-order valence-corrected chi connectivity index (χ2v) is 5.86. The van der Waals surface area contributed by atoms with Crippen LogP contribution in [-0.4, -0.2) is 35.1 Å². The number of nitro benzene ring substituents is 1. The first kappa shape index (κ1) is 20.3. The van der Waals surface area contributed by atoms with Gasteiger partial charge in [0.05, 0.1) is 17.6 Å². The fourth-order valence-electron chi connectivity index (χ4n) is 2.88. The van der Waals surface area contributed by atoms with Gasteiger partial charge in [0, 0.05) is 6.04 Å². The number of hydrogen-bond donors (Lipinski definition) is 3. The molecule has 148 valence electrons. The number of nitrogens with zero attached hydrogens (tertiary/aromatic N) is 1. The molecule has 1 fully saturated rings. The molecule has 0 atom stereocenters. The normalized spacial score (nSPS) is 14.7. The Morgan fingerprint density at radius 1 is 1.33 bits per heavy atom. The van der Waals surface area contributed by atoms with Gasteiger partial charge in [-0.2, -0.15) is 13.2 Å². The molecular formula is C15H16F3N3O6. The number of rotatable bonds is 4. The van der Waals surface area contributed by atoms with Crippen molar-refractivity contribution >= 4 is 17.6 Å². The van der Waals surface area contributed by atoms with Crippen LogP contribution in [-0.2, 0) is 6.18 Å². The van der Waals surface area contributed by atoms with Crippen molar-refractivity contribution in [2.24, 2.45) is 0 Å². The topological polar surface area (TPSA) is 131 Å². The molecule has 1 aliphatic rings. The maximum atomic E-state index is 13.3. The van der Waals surface area contributed by atoms with E-state index in [1.165, 1.54) is 0 Å². The Kier molecular flexibility index (Phi) is 5.76. The minimum atomic E-state index is -5.18. The number of aromatic hydroxyl groups is 1. The lowest BCUT2D eigenvalue weighted by Gasteiger charge is -2.16. The molecule has 0 bridgehead atoms. The Balaban J connectivity index is 2.45. The number of methoxy groups -OCH3 is 1. The van der Waals surface area contributed by atoms with Crippen LogP contribution in [0.25, 0.3) is 0 Å². The van der Waals surface area contributed by atoms with Crippen LogP contribution in [0.2, 0.25) is 0 Å². The van der Waals surface area contributed by atoms with Gasteiger partial charge in [-0.3, -0.25) is 20.2 Å². The minimum Gasteiger partial charge on any atom is -0.499 e. The first-order valence-electron chi connectivity index (χ1n) is 7.83. The molecule has 2 rings (SSSR count). The van der Waals surface area contributed by atoms with E-state index in [1.54, 1.807) is 5.32 Å². The van der Waals surface area contributed by atoms with Crippen LogP contribution in [0, 0.1) is 10.1 Å². The van der Waals surface area contributed by atoms with E-state index in [9.17, 15) is 38.0 Å². The van der Waals surface area contributed by atoms with Crippen LogP contribution in [0.1, 0.15) is 41.6 Å². The number of benzene rings is 1. The highest BCUT2D eigenvalue weighted by molar-refractivity contribution is 6.08. The van der Waals surface area contributed by atoms with Gasteiger partial charge < -0.3 is 15.2 Å². The predicted molar refractivity (Wildman–Crippen MR) is 84.6 cm³/mol.